The third-order valence-corrected chi connectivity index (χ3v) is 3.80. The number of non-ortho nitro benzene ring substituents is 1. The largest absolute Gasteiger partial charge is 0.506 e. The van der Waals surface area contributed by atoms with Gasteiger partial charge in [-0.25, -0.2) is 0 Å². The Morgan fingerprint density at radius 2 is 1.79 bits per heavy atom. The number of carbonyl (C=O) groups is 1. The van der Waals surface area contributed by atoms with Crippen molar-refractivity contribution in [2.45, 2.75) is 0 Å². The Morgan fingerprint density at radius 1 is 1.17 bits per heavy atom. The summed E-state index contributed by atoms with van der Waals surface area (Å²) in [7, 11) is 4.31. The summed E-state index contributed by atoms with van der Waals surface area (Å²) in [5.74, 6) is -0.290. The van der Waals surface area contributed by atoms with E-state index in [0.29, 0.717) is 22.8 Å². The first-order valence-corrected chi connectivity index (χ1v) is 8.05. The summed E-state index contributed by atoms with van der Waals surface area (Å²) in [6, 6.07) is 8.05. The molecule has 0 fully saturated rings. The van der Waals surface area contributed by atoms with Gasteiger partial charge in [-0.15, -0.1) is 0 Å². The van der Waals surface area contributed by atoms with Gasteiger partial charge >= 0.3 is 0 Å². The van der Waals surface area contributed by atoms with Crippen LogP contribution in [0.2, 0.25) is 0 Å². The third kappa shape index (κ3) is 4.72. The second-order valence-corrected chi connectivity index (χ2v) is 5.54. The van der Waals surface area contributed by atoms with Gasteiger partial charge in [-0.3, -0.25) is 14.9 Å². The summed E-state index contributed by atoms with van der Waals surface area (Å²) in [6.45, 7) is 0. The van der Waals surface area contributed by atoms with E-state index < -0.39 is 16.6 Å². The fraction of sp³-hybridized carbons (Fsp3) is 0.158. The summed E-state index contributed by atoms with van der Waals surface area (Å²) in [5, 5.41) is 32.3. The molecule has 0 aliphatic carbocycles. The van der Waals surface area contributed by atoms with Crippen LogP contribution >= 0.6 is 0 Å². The number of phenolic OH excluding ortho intramolecular Hbond substituents is 1. The molecule has 0 saturated carbocycles. The minimum absolute atomic E-state index is 0.0772. The zero-order chi connectivity index (χ0) is 21.6. The maximum absolute atomic E-state index is 12.4. The minimum Gasteiger partial charge on any atom is -0.506 e. The molecule has 2 rings (SSSR count). The van der Waals surface area contributed by atoms with E-state index in [1.165, 1.54) is 33.5 Å². The molecule has 2 N–H and O–H groups in total. The Balaban J connectivity index is 2.36. The summed E-state index contributed by atoms with van der Waals surface area (Å²) in [6.07, 6.45) is 1.29. The predicted molar refractivity (Wildman–Crippen MR) is 103 cm³/mol. The van der Waals surface area contributed by atoms with Gasteiger partial charge in [0.05, 0.1) is 38.0 Å². The number of nitrogens with zero attached hydrogens (tertiary/aromatic N) is 2. The molecule has 0 aliphatic heterocycles. The number of phenols is 1. The molecule has 10 heteroatoms. The van der Waals surface area contributed by atoms with Gasteiger partial charge in [-0.05, 0) is 29.8 Å². The SMILES string of the molecule is COc1cc(C=C(C#N)C(=O)Nc2ccc([N+](=O)[O-])cc2O)cc(OC)c1OC. The molecule has 1 amide bonds. The van der Waals surface area contributed by atoms with E-state index in [1.807, 2.05) is 0 Å². The van der Waals surface area contributed by atoms with Crippen LogP contribution in [-0.2, 0) is 4.79 Å². The third-order valence-electron chi connectivity index (χ3n) is 3.80. The first-order chi connectivity index (χ1) is 13.8. The Hall–Kier alpha value is -4.26. The highest BCUT2D eigenvalue weighted by Crippen LogP contribution is 2.38. The molecule has 0 heterocycles. The number of benzene rings is 2. The van der Waals surface area contributed by atoms with Gasteiger partial charge in [-0.2, -0.15) is 5.26 Å². The number of methoxy groups -OCH3 is 3. The van der Waals surface area contributed by atoms with Crippen molar-refractivity contribution in [1.29, 1.82) is 5.26 Å². The molecule has 10 nitrogen and oxygen atoms in total. The van der Waals surface area contributed by atoms with Gasteiger partial charge in [0.15, 0.2) is 11.5 Å². The molecular formula is C19H17N3O7. The topological polar surface area (TPSA) is 144 Å². The molecule has 0 spiro atoms. The first kappa shape index (κ1) is 21.0. The lowest BCUT2D eigenvalue weighted by molar-refractivity contribution is -0.384. The molecule has 0 aliphatic rings. The van der Waals surface area contributed by atoms with Crippen molar-refractivity contribution in [3.8, 4) is 29.1 Å². The molecule has 0 bridgehead atoms. The quantitative estimate of drug-likeness (QED) is 0.238. The Kier molecular flexibility index (Phi) is 6.60. The smallest absolute Gasteiger partial charge is 0.273 e. The van der Waals surface area contributed by atoms with Gasteiger partial charge in [0, 0.05) is 6.07 Å². The number of rotatable bonds is 7. The van der Waals surface area contributed by atoms with Crippen LogP contribution in [0.4, 0.5) is 11.4 Å². The van der Waals surface area contributed by atoms with E-state index in [4.69, 9.17) is 14.2 Å². The van der Waals surface area contributed by atoms with Crippen molar-refractivity contribution in [2.75, 3.05) is 26.6 Å². The van der Waals surface area contributed by atoms with Crippen molar-refractivity contribution >= 4 is 23.4 Å². The first-order valence-electron chi connectivity index (χ1n) is 8.05. The maximum Gasteiger partial charge on any atom is 0.273 e. The van der Waals surface area contributed by atoms with E-state index >= 15 is 0 Å². The van der Waals surface area contributed by atoms with Crippen LogP contribution in [0, 0.1) is 21.4 Å². The van der Waals surface area contributed by atoms with Crippen LogP contribution in [-0.4, -0.2) is 37.3 Å². The van der Waals surface area contributed by atoms with Crippen LogP contribution in [0.3, 0.4) is 0 Å². The number of nitrogens with one attached hydrogen (secondary N) is 1. The summed E-state index contributed by atoms with van der Waals surface area (Å²) in [5.41, 5.74) is -0.267. The number of amides is 1. The van der Waals surface area contributed by atoms with Crippen LogP contribution in [0.5, 0.6) is 23.0 Å². The molecule has 150 valence electrons. The average Bonchev–Trinajstić information content (AvgIpc) is 2.72. The number of hydrogen-bond acceptors (Lipinski definition) is 8. The van der Waals surface area contributed by atoms with Crippen molar-refractivity contribution in [2.24, 2.45) is 0 Å². The van der Waals surface area contributed by atoms with Crippen LogP contribution in [0.1, 0.15) is 5.56 Å². The number of aromatic hydroxyl groups is 1. The highest BCUT2D eigenvalue weighted by Gasteiger charge is 2.17. The average molecular weight is 399 g/mol. The van der Waals surface area contributed by atoms with Crippen molar-refractivity contribution in [1.82, 2.24) is 0 Å². The number of anilines is 1. The molecule has 0 unspecified atom stereocenters. The normalized spacial score (nSPS) is 10.6. The lowest BCUT2D eigenvalue weighted by Crippen LogP contribution is -2.13. The molecule has 0 radical (unpaired) electrons. The summed E-state index contributed by atoms with van der Waals surface area (Å²) < 4.78 is 15.7. The van der Waals surface area contributed by atoms with Crippen LogP contribution < -0.4 is 19.5 Å². The highest BCUT2D eigenvalue weighted by molar-refractivity contribution is 6.10. The van der Waals surface area contributed by atoms with Crippen molar-refractivity contribution < 1.29 is 29.0 Å². The van der Waals surface area contributed by atoms with Gasteiger partial charge in [0.1, 0.15) is 17.4 Å². The lowest BCUT2D eigenvalue weighted by Gasteiger charge is -2.13. The number of nitro groups is 1. The molecule has 0 atom stereocenters. The number of nitriles is 1. The Labute approximate surface area is 165 Å². The van der Waals surface area contributed by atoms with E-state index in [0.717, 1.165) is 12.1 Å². The highest BCUT2D eigenvalue weighted by atomic mass is 16.6. The van der Waals surface area contributed by atoms with Gasteiger partial charge in [0.25, 0.3) is 11.6 Å². The number of hydrogen-bond donors (Lipinski definition) is 2. The monoisotopic (exact) mass is 399 g/mol. The van der Waals surface area contributed by atoms with E-state index in [9.17, 15) is 25.3 Å². The van der Waals surface area contributed by atoms with Crippen LogP contribution in [0.15, 0.2) is 35.9 Å². The van der Waals surface area contributed by atoms with Crippen LogP contribution in [0.25, 0.3) is 6.08 Å². The fourth-order valence-corrected chi connectivity index (χ4v) is 2.43. The molecule has 29 heavy (non-hydrogen) atoms. The lowest BCUT2D eigenvalue weighted by atomic mass is 10.1. The summed E-state index contributed by atoms with van der Waals surface area (Å²) in [4.78, 5) is 22.5. The standard InChI is InChI=1S/C19H17N3O7/c1-27-16-7-11(8-17(28-2)18(16)29-3)6-12(10-20)19(24)21-14-5-4-13(22(25)26)9-15(14)23/h4-9,23H,1-3H3,(H,21,24). The second kappa shape index (κ2) is 9.09. The molecule has 2 aromatic rings. The molecule has 2 aromatic carbocycles. The van der Waals surface area contributed by atoms with Gasteiger partial charge in [0.2, 0.25) is 5.75 Å². The van der Waals surface area contributed by atoms with Crippen molar-refractivity contribution in [3.63, 3.8) is 0 Å². The fourth-order valence-electron chi connectivity index (χ4n) is 2.43. The summed E-state index contributed by atoms with van der Waals surface area (Å²) >= 11 is 0. The number of nitro benzene ring substituents is 1. The molecule has 0 aromatic heterocycles. The van der Waals surface area contributed by atoms with Gasteiger partial charge in [-0.1, -0.05) is 0 Å². The minimum atomic E-state index is -0.814. The van der Waals surface area contributed by atoms with Gasteiger partial charge < -0.3 is 24.6 Å². The molecule has 0 saturated heterocycles. The number of carbonyl (C=O) groups excluding carboxylic acids is 1. The Bertz CT molecular complexity index is 1000. The second-order valence-electron chi connectivity index (χ2n) is 5.54. The Morgan fingerprint density at radius 3 is 2.24 bits per heavy atom. The zero-order valence-electron chi connectivity index (χ0n) is 15.8. The maximum atomic E-state index is 12.4. The van der Waals surface area contributed by atoms with E-state index in [-0.39, 0.29) is 16.9 Å². The predicted octanol–water partition coefficient (Wildman–Crippen LogP) is 2.87. The number of ether oxygens (including phenoxy) is 3. The zero-order valence-corrected chi connectivity index (χ0v) is 15.8. The van der Waals surface area contributed by atoms with Crippen molar-refractivity contribution in [3.05, 3.63) is 51.6 Å². The molecular weight excluding hydrogens is 382 g/mol. The van der Waals surface area contributed by atoms with E-state index in [1.54, 1.807) is 18.2 Å². The van der Waals surface area contributed by atoms with E-state index in [2.05, 4.69) is 5.32 Å².